The molecule has 0 bridgehead atoms. The summed E-state index contributed by atoms with van der Waals surface area (Å²) in [7, 11) is 0. The molecule has 2 aliphatic heterocycles. The molecule has 32 heavy (non-hydrogen) atoms. The molecular formula is C21H25N7O3S. The van der Waals surface area contributed by atoms with Gasteiger partial charge in [0.15, 0.2) is 10.6 Å². The Morgan fingerprint density at radius 1 is 1.31 bits per heavy atom. The summed E-state index contributed by atoms with van der Waals surface area (Å²) >= 11 is 1.44. The number of nitrogens with one attached hydrogen (secondary N) is 1. The van der Waals surface area contributed by atoms with Gasteiger partial charge in [0.2, 0.25) is 5.95 Å². The molecule has 168 valence electrons. The summed E-state index contributed by atoms with van der Waals surface area (Å²) in [5, 5.41) is 3.03. The minimum absolute atomic E-state index is 0.0512. The Labute approximate surface area is 189 Å². The summed E-state index contributed by atoms with van der Waals surface area (Å²) < 4.78 is 11.0. The summed E-state index contributed by atoms with van der Waals surface area (Å²) in [5.74, 6) is 1.75. The lowest BCUT2D eigenvalue weighted by atomic mass is 10.1. The summed E-state index contributed by atoms with van der Waals surface area (Å²) in [4.78, 5) is 30.8. The topological polar surface area (TPSA) is 119 Å². The van der Waals surface area contributed by atoms with Crippen molar-refractivity contribution in [3.05, 3.63) is 29.3 Å². The van der Waals surface area contributed by atoms with Crippen LogP contribution < -0.4 is 20.7 Å². The molecule has 0 spiro atoms. The zero-order chi connectivity index (χ0) is 22.2. The van der Waals surface area contributed by atoms with Crippen LogP contribution in [0.15, 0.2) is 23.7 Å². The van der Waals surface area contributed by atoms with E-state index in [1.165, 1.54) is 11.3 Å². The Kier molecular flexibility index (Phi) is 5.43. The van der Waals surface area contributed by atoms with Gasteiger partial charge in [-0.25, -0.2) is 14.8 Å². The van der Waals surface area contributed by atoms with Crippen LogP contribution in [0.4, 0.5) is 22.2 Å². The van der Waals surface area contributed by atoms with E-state index in [0.29, 0.717) is 32.8 Å². The molecule has 0 saturated carbocycles. The van der Waals surface area contributed by atoms with Crippen molar-refractivity contribution in [1.82, 2.24) is 19.9 Å². The number of thiazole rings is 1. The molecule has 11 heteroatoms. The van der Waals surface area contributed by atoms with E-state index in [2.05, 4.69) is 32.1 Å². The molecule has 3 aromatic rings. The number of fused-ring (bicyclic) bond motifs is 1. The predicted molar refractivity (Wildman–Crippen MR) is 123 cm³/mol. The van der Waals surface area contributed by atoms with Crippen molar-refractivity contribution in [2.75, 3.05) is 48.8 Å². The summed E-state index contributed by atoms with van der Waals surface area (Å²) in [6, 6.07) is 5.62. The number of aromatic nitrogens is 3. The van der Waals surface area contributed by atoms with Gasteiger partial charge >= 0.3 is 6.03 Å². The Morgan fingerprint density at radius 2 is 2.16 bits per heavy atom. The van der Waals surface area contributed by atoms with Gasteiger partial charge in [0, 0.05) is 31.4 Å². The fourth-order valence-electron chi connectivity index (χ4n) is 3.94. The van der Waals surface area contributed by atoms with Crippen LogP contribution in [0.1, 0.15) is 12.5 Å². The Balaban J connectivity index is 1.24. The van der Waals surface area contributed by atoms with E-state index in [0.717, 1.165) is 33.2 Å². The number of hydrogen-bond donors (Lipinski definition) is 2. The average molecular weight is 456 g/mol. The molecule has 5 rings (SSSR count). The van der Waals surface area contributed by atoms with Crippen molar-refractivity contribution in [2.24, 2.45) is 0 Å². The molecule has 2 aromatic heterocycles. The van der Waals surface area contributed by atoms with E-state index >= 15 is 0 Å². The van der Waals surface area contributed by atoms with Crippen LogP contribution in [0.3, 0.4) is 0 Å². The summed E-state index contributed by atoms with van der Waals surface area (Å²) in [6.45, 7) is 7.02. The second-order valence-corrected chi connectivity index (χ2v) is 8.92. The van der Waals surface area contributed by atoms with Crippen molar-refractivity contribution in [2.45, 2.75) is 26.0 Å². The molecule has 4 heterocycles. The number of piperazine rings is 1. The van der Waals surface area contributed by atoms with Gasteiger partial charge in [-0.15, -0.1) is 11.3 Å². The molecule has 2 fully saturated rings. The molecule has 1 atom stereocenters. The molecule has 1 unspecified atom stereocenters. The second-order valence-electron chi connectivity index (χ2n) is 8.08. The quantitative estimate of drug-likeness (QED) is 0.616. The number of aryl methyl sites for hydroxylation is 1. The van der Waals surface area contributed by atoms with Crippen LogP contribution in [-0.2, 0) is 4.74 Å². The summed E-state index contributed by atoms with van der Waals surface area (Å²) in [6.07, 6.45) is 0.114. The van der Waals surface area contributed by atoms with Crippen molar-refractivity contribution in [1.29, 1.82) is 0 Å². The molecule has 0 radical (unpaired) electrons. The number of hydrogen-bond acceptors (Lipinski definition) is 9. The van der Waals surface area contributed by atoms with E-state index in [9.17, 15) is 4.79 Å². The van der Waals surface area contributed by atoms with E-state index in [4.69, 9.17) is 15.2 Å². The van der Waals surface area contributed by atoms with Crippen molar-refractivity contribution < 1.29 is 14.3 Å². The number of carbonyl (C=O) groups excluding carboxylic acids is 1. The van der Waals surface area contributed by atoms with Crippen molar-refractivity contribution in [3.63, 3.8) is 0 Å². The normalized spacial score (nSPS) is 19.1. The number of benzene rings is 1. The van der Waals surface area contributed by atoms with Crippen LogP contribution >= 0.6 is 11.3 Å². The second kappa shape index (κ2) is 8.40. The number of nitrogen functional groups attached to an aromatic ring is 1. The third-order valence-corrected chi connectivity index (χ3v) is 6.45. The van der Waals surface area contributed by atoms with Gasteiger partial charge < -0.3 is 30.3 Å². The Hall–Kier alpha value is -3.18. The predicted octanol–water partition coefficient (Wildman–Crippen LogP) is 2.50. The molecule has 2 amide bonds. The van der Waals surface area contributed by atoms with Gasteiger partial charge in [-0.2, -0.15) is 4.98 Å². The summed E-state index contributed by atoms with van der Waals surface area (Å²) in [5.41, 5.74) is 10.1. The molecule has 3 N–H and O–H groups in total. The fraction of sp³-hybridized carbons (Fsp3) is 0.429. The first-order valence-electron chi connectivity index (χ1n) is 10.5. The highest BCUT2D eigenvalue weighted by Crippen LogP contribution is 2.29. The van der Waals surface area contributed by atoms with Crippen LogP contribution in [0.5, 0.6) is 5.75 Å². The maximum Gasteiger partial charge on any atom is 0.321 e. The number of nitrogens with zero attached hydrogens (tertiary/aromatic N) is 5. The molecule has 1 aromatic carbocycles. The molecule has 10 nitrogen and oxygen atoms in total. The lowest BCUT2D eigenvalue weighted by Crippen LogP contribution is -2.55. The van der Waals surface area contributed by atoms with E-state index in [-0.39, 0.29) is 24.1 Å². The minimum Gasteiger partial charge on any atom is -0.486 e. The van der Waals surface area contributed by atoms with Crippen LogP contribution in [0, 0.1) is 6.92 Å². The van der Waals surface area contributed by atoms with E-state index < -0.39 is 0 Å². The standard InChI is InChI=1S/C21H25N7O3S/c1-12-7-14(31-15-9-30-10-15)3-4-16(12)24-21(29)27-5-6-28(13(2)8-27)18-17-19(32-11-23-17)26-20(22)25-18/h3-4,7,11,13,15H,5-6,8-10H2,1-2H3,(H,24,29)(H2,22,25,26). The van der Waals surface area contributed by atoms with Gasteiger partial charge in [0.05, 0.1) is 18.7 Å². The smallest absolute Gasteiger partial charge is 0.321 e. The number of ether oxygens (including phenoxy) is 2. The molecule has 2 saturated heterocycles. The van der Waals surface area contributed by atoms with Crippen LogP contribution in [0.25, 0.3) is 10.3 Å². The maximum absolute atomic E-state index is 12.9. The monoisotopic (exact) mass is 455 g/mol. The lowest BCUT2D eigenvalue weighted by molar-refractivity contribution is -0.0796. The van der Waals surface area contributed by atoms with Crippen LogP contribution in [0.2, 0.25) is 0 Å². The van der Waals surface area contributed by atoms with Gasteiger partial charge in [-0.05, 0) is 37.6 Å². The van der Waals surface area contributed by atoms with E-state index in [1.54, 1.807) is 5.51 Å². The lowest BCUT2D eigenvalue weighted by Gasteiger charge is -2.40. The molecular weight excluding hydrogens is 430 g/mol. The largest absolute Gasteiger partial charge is 0.486 e. The first-order chi connectivity index (χ1) is 15.5. The zero-order valence-corrected chi connectivity index (χ0v) is 18.8. The Morgan fingerprint density at radius 3 is 2.88 bits per heavy atom. The highest BCUT2D eigenvalue weighted by Gasteiger charge is 2.30. The number of rotatable bonds is 4. The Bertz CT molecular complexity index is 1150. The highest BCUT2D eigenvalue weighted by molar-refractivity contribution is 7.16. The van der Waals surface area contributed by atoms with Crippen molar-refractivity contribution in [3.8, 4) is 5.75 Å². The zero-order valence-electron chi connectivity index (χ0n) is 17.9. The van der Waals surface area contributed by atoms with Gasteiger partial charge in [0.25, 0.3) is 0 Å². The number of urea groups is 1. The molecule has 2 aliphatic rings. The first-order valence-corrected chi connectivity index (χ1v) is 11.4. The SMILES string of the molecule is Cc1cc(OC2COC2)ccc1NC(=O)N1CCN(c2nc(N)nc3scnc23)C(C)C1. The number of nitrogens with two attached hydrogens (primary N) is 1. The van der Waals surface area contributed by atoms with Crippen molar-refractivity contribution >= 4 is 45.2 Å². The van der Waals surface area contributed by atoms with Gasteiger partial charge in [-0.3, -0.25) is 0 Å². The third kappa shape index (κ3) is 4.00. The number of anilines is 3. The van der Waals surface area contributed by atoms with E-state index in [1.807, 2.05) is 30.0 Å². The average Bonchev–Trinajstić information content (AvgIpc) is 3.20. The van der Waals surface area contributed by atoms with Gasteiger partial charge in [0.1, 0.15) is 17.4 Å². The molecule has 0 aliphatic carbocycles. The van der Waals surface area contributed by atoms with Crippen LogP contribution in [-0.4, -0.2) is 70.9 Å². The minimum atomic E-state index is -0.123. The third-order valence-electron chi connectivity index (χ3n) is 5.73. The first kappa shape index (κ1) is 20.7. The highest BCUT2D eigenvalue weighted by atomic mass is 32.1. The van der Waals surface area contributed by atoms with Gasteiger partial charge in [-0.1, -0.05) is 0 Å². The number of carbonyl (C=O) groups is 1. The number of amides is 2. The maximum atomic E-state index is 12.9. The fourth-order valence-corrected chi connectivity index (χ4v) is 4.60.